The van der Waals surface area contributed by atoms with E-state index in [2.05, 4.69) is 0 Å². The van der Waals surface area contributed by atoms with Crippen LogP contribution in [0.15, 0.2) is 24.3 Å². The van der Waals surface area contributed by atoms with Gasteiger partial charge in [0.25, 0.3) is 5.91 Å². The van der Waals surface area contributed by atoms with Gasteiger partial charge in [0.15, 0.2) is 0 Å². The van der Waals surface area contributed by atoms with Crippen LogP contribution in [0.3, 0.4) is 0 Å². The molecule has 1 spiro atoms. The molecule has 2 saturated heterocycles. The largest absolute Gasteiger partial charge is 0.497 e. The Labute approximate surface area is 137 Å². The minimum atomic E-state index is -0.205. The van der Waals surface area contributed by atoms with Gasteiger partial charge in [-0.25, -0.2) is 0 Å². The minimum Gasteiger partial charge on any atom is -0.497 e. The van der Waals surface area contributed by atoms with Crippen molar-refractivity contribution in [2.24, 2.45) is 0 Å². The fraction of sp³-hybridized carbons (Fsp3) is 0.611. The van der Waals surface area contributed by atoms with Gasteiger partial charge in [-0.1, -0.05) is 0 Å². The van der Waals surface area contributed by atoms with Gasteiger partial charge in [-0.2, -0.15) is 0 Å². The van der Waals surface area contributed by atoms with Crippen molar-refractivity contribution in [1.82, 2.24) is 4.90 Å². The van der Waals surface area contributed by atoms with E-state index >= 15 is 0 Å². The lowest BCUT2D eigenvalue weighted by Gasteiger charge is -2.48. The standard InChI is InChI=1S/C18H25NO4/c1-21-15-7-5-14(6-8-15)17(20)19-11-9-18(10-12-19)16(22-2)4-3-13-23-18/h5-8,16H,3-4,9-13H2,1-2H3/t16-/m0/s1. The fourth-order valence-electron chi connectivity index (χ4n) is 3.70. The molecular formula is C18H25NO4. The first-order valence-corrected chi connectivity index (χ1v) is 8.28. The maximum absolute atomic E-state index is 12.6. The molecule has 1 amide bonds. The van der Waals surface area contributed by atoms with Gasteiger partial charge in [-0.05, 0) is 49.9 Å². The Hall–Kier alpha value is -1.59. The number of rotatable bonds is 3. The highest BCUT2D eigenvalue weighted by Crippen LogP contribution is 2.37. The second-order valence-electron chi connectivity index (χ2n) is 6.30. The number of ether oxygens (including phenoxy) is 3. The quantitative estimate of drug-likeness (QED) is 0.859. The van der Waals surface area contributed by atoms with Gasteiger partial charge in [0.05, 0.1) is 18.8 Å². The summed E-state index contributed by atoms with van der Waals surface area (Å²) in [5.41, 5.74) is 0.499. The molecule has 1 aromatic carbocycles. The Morgan fingerprint density at radius 1 is 1.22 bits per heavy atom. The van der Waals surface area contributed by atoms with Crippen molar-refractivity contribution < 1.29 is 19.0 Å². The Morgan fingerprint density at radius 3 is 2.52 bits per heavy atom. The Kier molecular flexibility index (Phi) is 4.87. The minimum absolute atomic E-state index is 0.0762. The molecule has 1 atom stereocenters. The molecule has 0 radical (unpaired) electrons. The van der Waals surface area contributed by atoms with Crippen LogP contribution in [0.2, 0.25) is 0 Å². The summed E-state index contributed by atoms with van der Waals surface area (Å²) >= 11 is 0. The average molecular weight is 319 g/mol. The number of nitrogens with zero attached hydrogens (tertiary/aromatic N) is 1. The SMILES string of the molecule is COc1ccc(C(=O)N2CCC3(CC2)OCCC[C@@H]3OC)cc1. The van der Waals surface area contributed by atoms with E-state index in [-0.39, 0.29) is 17.6 Å². The van der Waals surface area contributed by atoms with Gasteiger partial charge >= 0.3 is 0 Å². The van der Waals surface area contributed by atoms with E-state index in [0.717, 1.165) is 38.0 Å². The summed E-state index contributed by atoms with van der Waals surface area (Å²) in [5, 5.41) is 0. The summed E-state index contributed by atoms with van der Waals surface area (Å²) in [5.74, 6) is 0.838. The Balaban J connectivity index is 1.64. The first-order chi connectivity index (χ1) is 11.2. The van der Waals surface area contributed by atoms with Crippen LogP contribution in [0, 0.1) is 0 Å². The lowest BCUT2D eigenvalue weighted by atomic mass is 9.81. The molecule has 5 heteroatoms. The highest BCUT2D eigenvalue weighted by Gasteiger charge is 2.45. The summed E-state index contributed by atoms with van der Waals surface area (Å²) in [6.45, 7) is 2.22. The summed E-state index contributed by atoms with van der Waals surface area (Å²) in [7, 11) is 3.38. The van der Waals surface area contributed by atoms with Crippen LogP contribution >= 0.6 is 0 Å². The molecule has 0 N–H and O–H groups in total. The third kappa shape index (κ3) is 3.21. The van der Waals surface area contributed by atoms with Gasteiger partial charge in [-0.3, -0.25) is 4.79 Å². The van der Waals surface area contributed by atoms with Crippen molar-refractivity contribution >= 4 is 5.91 Å². The van der Waals surface area contributed by atoms with Crippen molar-refractivity contribution in [2.45, 2.75) is 37.4 Å². The first kappa shape index (κ1) is 16.3. The molecular weight excluding hydrogens is 294 g/mol. The monoisotopic (exact) mass is 319 g/mol. The van der Waals surface area contributed by atoms with Crippen LogP contribution in [0.5, 0.6) is 5.75 Å². The van der Waals surface area contributed by atoms with Crippen LogP contribution in [0.4, 0.5) is 0 Å². The summed E-state index contributed by atoms with van der Waals surface area (Å²) < 4.78 is 16.9. The predicted molar refractivity (Wildman–Crippen MR) is 86.8 cm³/mol. The molecule has 2 aliphatic rings. The number of methoxy groups -OCH3 is 2. The van der Waals surface area contributed by atoms with Gasteiger partial charge < -0.3 is 19.1 Å². The second-order valence-corrected chi connectivity index (χ2v) is 6.30. The number of carbonyl (C=O) groups is 1. The van der Waals surface area contributed by atoms with E-state index in [4.69, 9.17) is 14.2 Å². The summed E-state index contributed by atoms with van der Waals surface area (Å²) in [6, 6.07) is 7.29. The number of likely N-dealkylation sites (tertiary alicyclic amines) is 1. The molecule has 0 saturated carbocycles. The van der Waals surface area contributed by atoms with E-state index in [1.807, 2.05) is 29.2 Å². The predicted octanol–water partition coefficient (Wildman–Crippen LogP) is 2.50. The molecule has 5 nitrogen and oxygen atoms in total. The molecule has 2 heterocycles. The highest BCUT2D eigenvalue weighted by molar-refractivity contribution is 5.94. The molecule has 3 rings (SSSR count). The van der Waals surface area contributed by atoms with Crippen molar-refractivity contribution in [2.75, 3.05) is 33.9 Å². The zero-order valence-corrected chi connectivity index (χ0v) is 13.9. The van der Waals surface area contributed by atoms with Crippen LogP contribution in [0.25, 0.3) is 0 Å². The lowest BCUT2D eigenvalue weighted by Crippen LogP contribution is -2.56. The number of hydrogen-bond donors (Lipinski definition) is 0. The van der Waals surface area contributed by atoms with Gasteiger partial charge in [0.1, 0.15) is 5.75 Å². The zero-order valence-electron chi connectivity index (χ0n) is 13.9. The molecule has 1 aromatic rings. The molecule has 126 valence electrons. The van der Waals surface area contributed by atoms with Gasteiger partial charge in [0, 0.05) is 32.4 Å². The Bertz CT molecular complexity index is 534. The topological polar surface area (TPSA) is 48.0 Å². The lowest BCUT2D eigenvalue weighted by molar-refractivity contribution is -0.183. The van der Waals surface area contributed by atoms with E-state index in [9.17, 15) is 4.79 Å². The molecule has 0 aromatic heterocycles. The smallest absolute Gasteiger partial charge is 0.253 e. The summed E-state index contributed by atoms with van der Waals surface area (Å²) in [6.07, 6.45) is 3.92. The van der Waals surface area contributed by atoms with E-state index in [1.54, 1.807) is 14.2 Å². The van der Waals surface area contributed by atoms with Crippen LogP contribution in [-0.4, -0.2) is 56.4 Å². The third-order valence-corrected chi connectivity index (χ3v) is 5.11. The third-order valence-electron chi connectivity index (χ3n) is 5.11. The van der Waals surface area contributed by atoms with Crippen LogP contribution in [-0.2, 0) is 9.47 Å². The number of piperidine rings is 1. The maximum atomic E-state index is 12.6. The molecule has 0 unspecified atom stereocenters. The fourth-order valence-corrected chi connectivity index (χ4v) is 3.70. The van der Waals surface area contributed by atoms with Crippen LogP contribution in [0.1, 0.15) is 36.0 Å². The maximum Gasteiger partial charge on any atom is 0.253 e. The molecule has 0 bridgehead atoms. The van der Waals surface area contributed by atoms with Crippen molar-refractivity contribution in [3.05, 3.63) is 29.8 Å². The number of amides is 1. The van der Waals surface area contributed by atoms with Crippen LogP contribution < -0.4 is 4.74 Å². The molecule has 0 aliphatic carbocycles. The van der Waals surface area contributed by atoms with E-state index in [1.165, 1.54) is 0 Å². The van der Waals surface area contributed by atoms with Crippen molar-refractivity contribution in [3.63, 3.8) is 0 Å². The number of hydrogen-bond acceptors (Lipinski definition) is 4. The molecule has 23 heavy (non-hydrogen) atoms. The van der Waals surface area contributed by atoms with Crippen molar-refractivity contribution in [1.29, 1.82) is 0 Å². The van der Waals surface area contributed by atoms with Gasteiger partial charge in [0.2, 0.25) is 0 Å². The van der Waals surface area contributed by atoms with Crippen molar-refractivity contribution in [3.8, 4) is 5.75 Å². The Morgan fingerprint density at radius 2 is 1.91 bits per heavy atom. The summed E-state index contributed by atoms with van der Waals surface area (Å²) in [4.78, 5) is 14.5. The second kappa shape index (κ2) is 6.89. The van der Waals surface area contributed by atoms with E-state index < -0.39 is 0 Å². The first-order valence-electron chi connectivity index (χ1n) is 8.28. The number of carbonyl (C=O) groups excluding carboxylic acids is 1. The molecule has 2 fully saturated rings. The highest BCUT2D eigenvalue weighted by atomic mass is 16.5. The zero-order chi connectivity index (χ0) is 16.3. The normalized spacial score (nSPS) is 23.7. The molecule has 2 aliphatic heterocycles. The van der Waals surface area contributed by atoms with Gasteiger partial charge in [-0.15, -0.1) is 0 Å². The average Bonchev–Trinajstić information content (AvgIpc) is 2.62. The van der Waals surface area contributed by atoms with E-state index in [0.29, 0.717) is 18.7 Å². The number of benzene rings is 1.